The van der Waals surface area contributed by atoms with Crippen LogP contribution < -0.4 is 5.32 Å². The highest BCUT2D eigenvalue weighted by Gasteiger charge is 2.23. The molecule has 146 valence electrons. The molecule has 0 aliphatic rings. The minimum Gasteiger partial charge on any atom is -0.350 e. The van der Waals surface area contributed by atoms with E-state index in [0.29, 0.717) is 34.6 Å². The lowest BCUT2D eigenvalue weighted by Gasteiger charge is -2.21. The van der Waals surface area contributed by atoms with Gasteiger partial charge in [-0.2, -0.15) is 0 Å². The predicted octanol–water partition coefficient (Wildman–Crippen LogP) is 2.76. The molecule has 0 radical (unpaired) electrons. The monoisotopic (exact) mass is 384 g/mol. The van der Waals surface area contributed by atoms with Gasteiger partial charge in [0.05, 0.1) is 23.2 Å². The topological polar surface area (TPSA) is 88.3 Å². The van der Waals surface area contributed by atoms with Crippen molar-refractivity contribution in [3.8, 4) is 0 Å². The van der Waals surface area contributed by atoms with E-state index >= 15 is 0 Å². The normalized spacial score (nSPS) is 10.9. The minimum absolute atomic E-state index is 0.0935. The second-order valence-electron chi connectivity index (χ2n) is 6.48. The molecule has 2 aromatic heterocycles. The number of pyridine rings is 1. The molecule has 0 unspecified atom stereocenters. The molecule has 0 bridgehead atoms. The fraction of sp³-hybridized carbons (Fsp3) is 0.300. The maximum atomic E-state index is 13.0. The highest BCUT2D eigenvalue weighted by Crippen LogP contribution is 2.23. The zero-order chi connectivity index (χ0) is 20.3. The van der Waals surface area contributed by atoms with Crippen molar-refractivity contribution in [1.29, 1.82) is 0 Å². The molecule has 8 heteroatoms. The van der Waals surface area contributed by atoms with E-state index in [0.717, 1.165) is 5.56 Å². The van der Waals surface area contributed by atoms with E-state index < -0.39 is 0 Å². The molecule has 0 fully saturated rings. The zero-order valence-corrected chi connectivity index (χ0v) is 16.0. The van der Waals surface area contributed by atoms with Crippen molar-refractivity contribution in [2.24, 2.45) is 0 Å². The van der Waals surface area contributed by atoms with Crippen LogP contribution in [0.5, 0.6) is 0 Å². The first-order valence-electron chi connectivity index (χ1n) is 8.93. The summed E-state index contributed by atoms with van der Waals surface area (Å²) in [6.07, 6.45) is 0. The van der Waals surface area contributed by atoms with Crippen LogP contribution in [0, 0.1) is 19.7 Å². The lowest BCUT2D eigenvalue weighted by Crippen LogP contribution is -2.40. The number of hydrogen-bond acceptors (Lipinski definition) is 5. The van der Waals surface area contributed by atoms with Gasteiger partial charge in [-0.15, -0.1) is 0 Å². The van der Waals surface area contributed by atoms with E-state index in [9.17, 15) is 14.0 Å². The van der Waals surface area contributed by atoms with Crippen molar-refractivity contribution < 1.29 is 18.5 Å². The Morgan fingerprint density at radius 2 is 1.93 bits per heavy atom. The van der Waals surface area contributed by atoms with Crippen molar-refractivity contribution >= 4 is 22.9 Å². The maximum Gasteiger partial charge on any atom is 0.258 e. The molecule has 0 saturated heterocycles. The predicted molar refractivity (Wildman–Crippen MR) is 101 cm³/mol. The third-order valence-electron chi connectivity index (χ3n) is 4.38. The summed E-state index contributed by atoms with van der Waals surface area (Å²) in [7, 11) is 0. The van der Waals surface area contributed by atoms with Crippen LogP contribution in [0.2, 0.25) is 0 Å². The van der Waals surface area contributed by atoms with Crippen LogP contribution in [-0.4, -0.2) is 39.9 Å². The Labute approximate surface area is 161 Å². The Balaban J connectivity index is 1.72. The summed E-state index contributed by atoms with van der Waals surface area (Å²) in [5, 5.41) is 7.18. The van der Waals surface area contributed by atoms with Crippen LogP contribution in [0.3, 0.4) is 0 Å². The second kappa shape index (κ2) is 8.16. The Kier molecular flexibility index (Phi) is 5.67. The maximum absolute atomic E-state index is 13.0. The van der Waals surface area contributed by atoms with Crippen LogP contribution in [0.15, 0.2) is 34.9 Å². The number of aromatic nitrogens is 2. The SMILES string of the molecule is CCN(CC(=O)NCc1ccc(F)cc1)C(=O)c1cc(C)nc2onc(C)c12. The Morgan fingerprint density at radius 1 is 1.21 bits per heavy atom. The number of nitrogens with one attached hydrogen (secondary N) is 1. The lowest BCUT2D eigenvalue weighted by atomic mass is 10.1. The summed E-state index contributed by atoms with van der Waals surface area (Å²) < 4.78 is 18.1. The molecule has 3 aromatic rings. The number of carbonyl (C=O) groups excluding carboxylic acids is 2. The van der Waals surface area contributed by atoms with E-state index in [1.165, 1.54) is 17.0 Å². The summed E-state index contributed by atoms with van der Waals surface area (Å²) in [4.78, 5) is 31.1. The molecule has 0 spiro atoms. The molecule has 28 heavy (non-hydrogen) atoms. The molecule has 2 heterocycles. The third-order valence-corrected chi connectivity index (χ3v) is 4.38. The highest BCUT2D eigenvalue weighted by atomic mass is 19.1. The van der Waals surface area contributed by atoms with E-state index in [4.69, 9.17) is 4.52 Å². The van der Waals surface area contributed by atoms with Crippen molar-refractivity contribution in [3.05, 3.63) is 58.7 Å². The third kappa shape index (κ3) is 4.16. The molecule has 3 rings (SSSR count). The summed E-state index contributed by atoms with van der Waals surface area (Å²) in [5.74, 6) is -0.925. The molecule has 2 amide bonds. The van der Waals surface area contributed by atoms with Crippen molar-refractivity contribution in [2.75, 3.05) is 13.1 Å². The van der Waals surface area contributed by atoms with Gasteiger partial charge in [0.2, 0.25) is 5.91 Å². The van der Waals surface area contributed by atoms with Gasteiger partial charge in [0.25, 0.3) is 11.6 Å². The van der Waals surface area contributed by atoms with E-state index in [1.54, 1.807) is 39.0 Å². The molecular formula is C20H21FN4O3. The minimum atomic E-state index is -0.333. The Morgan fingerprint density at radius 3 is 2.61 bits per heavy atom. The van der Waals surface area contributed by atoms with Gasteiger partial charge in [0.15, 0.2) is 0 Å². The molecule has 0 aliphatic carbocycles. The average Bonchev–Trinajstić information content (AvgIpc) is 3.05. The van der Waals surface area contributed by atoms with Crippen molar-refractivity contribution in [1.82, 2.24) is 20.4 Å². The molecule has 7 nitrogen and oxygen atoms in total. The summed E-state index contributed by atoms with van der Waals surface area (Å²) >= 11 is 0. The first kappa shape index (κ1) is 19.5. The molecule has 0 aliphatic heterocycles. The fourth-order valence-electron chi connectivity index (χ4n) is 2.92. The molecule has 0 saturated carbocycles. The highest BCUT2D eigenvalue weighted by molar-refractivity contribution is 6.06. The van der Waals surface area contributed by atoms with Gasteiger partial charge in [-0.1, -0.05) is 17.3 Å². The Hall–Kier alpha value is -3.29. The number of benzene rings is 1. The van der Waals surface area contributed by atoms with Crippen LogP contribution >= 0.6 is 0 Å². The summed E-state index contributed by atoms with van der Waals surface area (Å²) in [6.45, 7) is 5.83. The first-order valence-corrected chi connectivity index (χ1v) is 8.93. The van der Waals surface area contributed by atoms with Crippen LogP contribution in [0.1, 0.15) is 34.2 Å². The number of fused-ring (bicyclic) bond motifs is 1. The van der Waals surface area contributed by atoms with Crippen LogP contribution in [-0.2, 0) is 11.3 Å². The summed E-state index contributed by atoms with van der Waals surface area (Å²) in [5.41, 5.74) is 2.69. The van der Waals surface area contributed by atoms with Crippen LogP contribution in [0.25, 0.3) is 11.1 Å². The van der Waals surface area contributed by atoms with Gasteiger partial charge >= 0.3 is 0 Å². The number of hydrogen-bond donors (Lipinski definition) is 1. The number of carbonyl (C=O) groups is 2. The summed E-state index contributed by atoms with van der Waals surface area (Å²) in [6, 6.07) is 7.55. The number of amides is 2. The molecular weight excluding hydrogens is 363 g/mol. The van der Waals surface area contributed by atoms with E-state index in [1.807, 2.05) is 0 Å². The number of nitrogens with zero attached hydrogens (tertiary/aromatic N) is 3. The zero-order valence-electron chi connectivity index (χ0n) is 16.0. The van der Waals surface area contributed by atoms with Crippen LogP contribution in [0.4, 0.5) is 4.39 Å². The molecule has 1 N–H and O–H groups in total. The average molecular weight is 384 g/mol. The smallest absolute Gasteiger partial charge is 0.258 e. The standard InChI is InChI=1S/C20H21FN4O3/c1-4-25(11-17(26)22-10-14-5-7-15(21)8-6-14)20(27)16-9-12(2)23-19-18(16)13(3)24-28-19/h5-9H,4,10-11H2,1-3H3,(H,22,26). The van der Waals surface area contributed by atoms with Gasteiger partial charge in [0, 0.05) is 18.8 Å². The van der Waals surface area contributed by atoms with E-state index in [2.05, 4.69) is 15.5 Å². The molecule has 0 atom stereocenters. The van der Waals surface area contributed by atoms with Gasteiger partial charge in [-0.3, -0.25) is 9.59 Å². The number of aryl methyl sites for hydroxylation is 2. The first-order chi connectivity index (χ1) is 13.4. The van der Waals surface area contributed by atoms with Gasteiger partial charge in [-0.25, -0.2) is 9.37 Å². The van der Waals surface area contributed by atoms with Gasteiger partial charge in [-0.05, 0) is 44.5 Å². The largest absolute Gasteiger partial charge is 0.350 e. The van der Waals surface area contributed by atoms with E-state index in [-0.39, 0.29) is 30.7 Å². The number of rotatable bonds is 6. The van der Waals surface area contributed by atoms with Gasteiger partial charge in [0.1, 0.15) is 5.82 Å². The van der Waals surface area contributed by atoms with Crippen molar-refractivity contribution in [3.63, 3.8) is 0 Å². The van der Waals surface area contributed by atoms with Crippen molar-refractivity contribution in [2.45, 2.75) is 27.3 Å². The second-order valence-corrected chi connectivity index (χ2v) is 6.48. The fourth-order valence-corrected chi connectivity index (χ4v) is 2.92. The Bertz CT molecular complexity index is 1010. The lowest BCUT2D eigenvalue weighted by molar-refractivity contribution is -0.121. The van der Waals surface area contributed by atoms with Gasteiger partial charge < -0.3 is 14.7 Å². The number of likely N-dealkylation sites (N-methyl/N-ethyl adjacent to an activating group) is 1. The number of halogens is 1. The quantitative estimate of drug-likeness (QED) is 0.706. The molecule has 1 aromatic carbocycles.